The first-order valence-electron chi connectivity index (χ1n) is 8.95. The van der Waals surface area contributed by atoms with Gasteiger partial charge in [0.05, 0.1) is 25.9 Å². The predicted octanol–water partition coefficient (Wildman–Crippen LogP) is 6.00. The van der Waals surface area contributed by atoms with Crippen molar-refractivity contribution >= 4 is 23.3 Å². The minimum atomic E-state index is 0.418. The molecule has 0 atom stereocenters. The lowest BCUT2D eigenvalue weighted by Gasteiger charge is -2.11. The van der Waals surface area contributed by atoms with E-state index >= 15 is 0 Å². The molecule has 29 heavy (non-hydrogen) atoms. The van der Waals surface area contributed by atoms with E-state index in [0.717, 1.165) is 11.1 Å². The van der Waals surface area contributed by atoms with Crippen LogP contribution >= 0.6 is 11.6 Å². The van der Waals surface area contributed by atoms with E-state index in [9.17, 15) is 5.26 Å². The van der Waals surface area contributed by atoms with E-state index in [1.54, 1.807) is 50.6 Å². The van der Waals surface area contributed by atoms with Crippen LogP contribution in [0.25, 0.3) is 11.6 Å². The van der Waals surface area contributed by atoms with E-state index in [1.807, 2.05) is 36.4 Å². The number of allylic oxidation sites excluding steroid dienone is 1. The summed E-state index contributed by atoms with van der Waals surface area (Å²) >= 11 is 6.19. The van der Waals surface area contributed by atoms with Crippen molar-refractivity contribution in [2.75, 3.05) is 14.2 Å². The highest BCUT2D eigenvalue weighted by molar-refractivity contribution is 6.30. The highest BCUT2D eigenvalue weighted by Gasteiger charge is 2.10. The molecule has 3 aromatic carbocycles. The summed E-state index contributed by atoms with van der Waals surface area (Å²) in [5.41, 5.74) is 2.94. The second-order valence-electron chi connectivity index (χ2n) is 6.20. The smallest absolute Gasteiger partial charge is 0.161 e. The number of benzene rings is 3. The molecule has 0 aliphatic rings. The molecule has 0 unspecified atom stereocenters. The number of hydrogen-bond acceptors (Lipinski definition) is 4. The summed E-state index contributed by atoms with van der Waals surface area (Å²) in [4.78, 5) is 0. The predicted molar refractivity (Wildman–Crippen MR) is 115 cm³/mol. The average Bonchev–Trinajstić information content (AvgIpc) is 2.77. The maximum atomic E-state index is 9.73. The minimum Gasteiger partial charge on any atom is -0.493 e. The molecule has 3 rings (SSSR count). The van der Waals surface area contributed by atoms with Crippen LogP contribution in [0, 0.1) is 11.3 Å². The Bertz CT molecular complexity index is 1060. The second-order valence-corrected chi connectivity index (χ2v) is 6.63. The average molecular weight is 406 g/mol. The molecule has 0 heterocycles. The third-order valence-corrected chi connectivity index (χ3v) is 4.56. The Morgan fingerprint density at radius 2 is 1.66 bits per heavy atom. The lowest BCUT2D eigenvalue weighted by molar-refractivity contribution is 0.305. The molecule has 0 fully saturated rings. The van der Waals surface area contributed by atoms with Gasteiger partial charge in [0.25, 0.3) is 0 Å². The number of ether oxygens (including phenoxy) is 3. The quantitative estimate of drug-likeness (QED) is 0.357. The third-order valence-electron chi connectivity index (χ3n) is 4.32. The van der Waals surface area contributed by atoms with E-state index in [1.165, 1.54) is 0 Å². The molecule has 146 valence electrons. The van der Waals surface area contributed by atoms with E-state index in [2.05, 4.69) is 6.07 Å². The van der Waals surface area contributed by atoms with Crippen LogP contribution in [0.4, 0.5) is 0 Å². The molecule has 0 bridgehead atoms. The number of methoxy groups -OCH3 is 2. The normalized spacial score (nSPS) is 10.9. The molecular formula is C24H20ClNO3. The molecule has 3 aromatic rings. The van der Waals surface area contributed by atoms with Crippen molar-refractivity contribution in [1.29, 1.82) is 5.26 Å². The van der Waals surface area contributed by atoms with E-state index in [4.69, 9.17) is 25.8 Å². The minimum absolute atomic E-state index is 0.418. The highest BCUT2D eigenvalue weighted by Crippen LogP contribution is 2.33. The summed E-state index contributed by atoms with van der Waals surface area (Å²) in [6.45, 7) is 0.418. The summed E-state index contributed by atoms with van der Waals surface area (Å²) < 4.78 is 16.6. The van der Waals surface area contributed by atoms with Crippen LogP contribution in [0.1, 0.15) is 16.7 Å². The van der Waals surface area contributed by atoms with Gasteiger partial charge in [-0.2, -0.15) is 5.26 Å². The van der Waals surface area contributed by atoms with Gasteiger partial charge in [-0.15, -0.1) is 0 Å². The zero-order valence-electron chi connectivity index (χ0n) is 16.2. The maximum Gasteiger partial charge on any atom is 0.161 e. The number of rotatable bonds is 7. The fourth-order valence-electron chi connectivity index (χ4n) is 2.84. The van der Waals surface area contributed by atoms with Crippen LogP contribution in [0.15, 0.2) is 66.7 Å². The highest BCUT2D eigenvalue weighted by atomic mass is 35.5. The zero-order valence-corrected chi connectivity index (χ0v) is 16.9. The van der Waals surface area contributed by atoms with E-state index < -0.39 is 0 Å². The van der Waals surface area contributed by atoms with Gasteiger partial charge in [-0.1, -0.05) is 41.9 Å². The Hall–Kier alpha value is -3.42. The topological polar surface area (TPSA) is 51.5 Å². The summed E-state index contributed by atoms with van der Waals surface area (Å²) in [5, 5.41) is 10.3. The lowest BCUT2D eigenvalue weighted by atomic mass is 10.0. The zero-order chi connectivity index (χ0) is 20.6. The Morgan fingerprint density at radius 1 is 0.931 bits per heavy atom. The third kappa shape index (κ3) is 5.10. The molecule has 0 saturated heterocycles. The Labute approximate surface area is 175 Å². The van der Waals surface area contributed by atoms with Crippen LogP contribution in [0.5, 0.6) is 17.2 Å². The van der Waals surface area contributed by atoms with Gasteiger partial charge in [0.15, 0.2) is 11.5 Å². The summed E-state index contributed by atoms with van der Waals surface area (Å²) in [7, 11) is 3.13. The van der Waals surface area contributed by atoms with Crippen molar-refractivity contribution < 1.29 is 14.2 Å². The van der Waals surface area contributed by atoms with Crippen molar-refractivity contribution in [3.8, 4) is 23.3 Å². The van der Waals surface area contributed by atoms with Crippen molar-refractivity contribution in [3.05, 3.63) is 88.4 Å². The number of hydrogen-bond donors (Lipinski definition) is 0. The summed E-state index contributed by atoms with van der Waals surface area (Å²) in [6.07, 6.45) is 1.76. The van der Waals surface area contributed by atoms with Crippen molar-refractivity contribution in [2.24, 2.45) is 0 Å². The Morgan fingerprint density at radius 3 is 2.34 bits per heavy atom. The molecule has 4 nitrogen and oxygen atoms in total. The van der Waals surface area contributed by atoms with Gasteiger partial charge in [-0.3, -0.25) is 0 Å². The van der Waals surface area contributed by atoms with Crippen LogP contribution < -0.4 is 14.2 Å². The molecular weight excluding hydrogens is 386 g/mol. The van der Waals surface area contributed by atoms with Gasteiger partial charge < -0.3 is 14.2 Å². The van der Waals surface area contributed by atoms with Crippen molar-refractivity contribution in [1.82, 2.24) is 0 Å². The molecule has 0 spiro atoms. The van der Waals surface area contributed by atoms with Crippen LogP contribution in [0.3, 0.4) is 0 Å². The SMILES string of the molecule is COc1ccc(/C(C#N)=C/c2cc(Cl)ccc2OCc2ccccc2)cc1OC. The Kier molecular flexibility index (Phi) is 6.78. The van der Waals surface area contributed by atoms with Crippen LogP contribution in [-0.2, 0) is 6.61 Å². The first-order valence-corrected chi connectivity index (χ1v) is 9.33. The van der Waals surface area contributed by atoms with E-state index in [0.29, 0.717) is 40.0 Å². The first kappa shape index (κ1) is 20.3. The van der Waals surface area contributed by atoms with Gasteiger partial charge in [-0.25, -0.2) is 0 Å². The van der Waals surface area contributed by atoms with Gasteiger partial charge in [-0.05, 0) is 53.6 Å². The lowest BCUT2D eigenvalue weighted by Crippen LogP contribution is -1.97. The largest absolute Gasteiger partial charge is 0.493 e. The van der Waals surface area contributed by atoms with Crippen LogP contribution in [0.2, 0.25) is 5.02 Å². The van der Waals surface area contributed by atoms with E-state index in [-0.39, 0.29) is 0 Å². The number of nitrogens with zero attached hydrogens (tertiary/aromatic N) is 1. The fourth-order valence-corrected chi connectivity index (χ4v) is 3.02. The van der Waals surface area contributed by atoms with Crippen molar-refractivity contribution in [2.45, 2.75) is 6.61 Å². The standard InChI is InChI=1S/C24H20ClNO3/c1-27-23-10-8-18(14-24(23)28-2)20(15-26)12-19-13-21(25)9-11-22(19)29-16-17-6-4-3-5-7-17/h3-14H,16H2,1-2H3/b20-12+. The molecule has 0 aliphatic heterocycles. The van der Waals surface area contributed by atoms with Gasteiger partial charge in [0.2, 0.25) is 0 Å². The van der Waals surface area contributed by atoms with Gasteiger partial charge in [0, 0.05) is 10.6 Å². The second kappa shape index (κ2) is 9.68. The molecule has 0 radical (unpaired) electrons. The molecule has 0 saturated carbocycles. The summed E-state index contributed by atoms with van der Waals surface area (Å²) in [5.74, 6) is 1.80. The molecule has 0 aliphatic carbocycles. The number of halogens is 1. The Balaban J connectivity index is 1.95. The van der Waals surface area contributed by atoms with Gasteiger partial charge in [0.1, 0.15) is 12.4 Å². The maximum absolute atomic E-state index is 9.73. The fraction of sp³-hybridized carbons (Fsp3) is 0.125. The van der Waals surface area contributed by atoms with Gasteiger partial charge >= 0.3 is 0 Å². The molecule has 5 heteroatoms. The monoisotopic (exact) mass is 405 g/mol. The molecule has 0 aromatic heterocycles. The first-order chi connectivity index (χ1) is 14.1. The summed E-state index contributed by atoms with van der Waals surface area (Å²) in [6, 6.07) is 22.8. The van der Waals surface area contributed by atoms with Crippen LogP contribution in [-0.4, -0.2) is 14.2 Å². The molecule has 0 N–H and O–H groups in total. The number of nitriles is 1. The molecule has 0 amide bonds. The van der Waals surface area contributed by atoms with Crippen molar-refractivity contribution in [3.63, 3.8) is 0 Å².